The number of alkyl halides is 2. The fourth-order valence-corrected chi connectivity index (χ4v) is 4.05. The molecule has 0 saturated heterocycles. The molecule has 0 unspecified atom stereocenters. The molecule has 28 heavy (non-hydrogen) atoms. The molecular formula is C20H20F2N6. The molecule has 144 valence electrons. The average Bonchev–Trinajstić information content (AvgIpc) is 3.34. The molecule has 0 aliphatic heterocycles. The van der Waals surface area contributed by atoms with Crippen LogP contribution in [0.25, 0.3) is 33.1 Å². The normalized spacial score (nSPS) is 15.7. The maximum atomic E-state index is 12.9. The molecule has 5 rings (SSSR count). The molecule has 0 bridgehead atoms. The van der Waals surface area contributed by atoms with E-state index in [0.717, 1.165) is 46.2 Å². The zero-order chi connectivity index (χ0) is 19.1. The molecule has 0 amide bonds. The first-order chi connectivity index (χ1) is 13.7. The second kappa shape index (κ2) is 6.85. The molecule has 2 N–H and O–H groups in total. The van der Waals surface area contributed by atoms with Gasteiger partial charge in [-0.1, -0.05) is 25.3 Å². The van der Waals surface area contributed by atoms with E-state index < -0.39 is 6.55 Å². The minimum Gasteiger partial charge on any atom is -0.367 e. The lowest BCUT2D eigenvalue weighted by Crippen LogP contribution is -2.22. The van der Waals surface area contributed by atoms with Crippen LogP contribution in [0.3, 0.4) is 0 Å². The molecule has 1 aliphatic rings. The molecule has 0 spiro atoms. The van der Waals surface area contributed by atoms with Crippen molar-refractivity contribution >= 4 is 27.8 Å². The zero-order valence-electron chi connectivity index (χ0n) is 15.2. The zero-order valence-corrected chi connectivity index (χ0v) is 15.2. The van der Waals surface area contributed by atoms with Crippen molar-refractivity contribution in [3.8, 4) is 11.1 Å². The van der Waals surface area contributed by atoms with E-state index in [1.165, 1.54) is 31.7 Å². The SMILES string of the molecule is FC(F)n1cc(-c2ccc3[nH]c4ncnc(NC5CCCCC5)c4c3c2)cn1. The van der Waals surface area contributed by atoms with E-state index in [1.807, 2.05) is 18.2 Å². The number of nitrogens with one attached hydrogen (secondary N) is 2. The van der Waals surface area contributed by atoms with Gasteiger partial charge in [-0.15, -0.1) is 0 Å². The van der Waals surface area contributed by atoms with Crippen LogP contribution in [-0.4, -0.2) is 30.8 Å². The summed E-state index contributed by atoms with van der Waals surface area (Å²) in [6.45, 7) is -2.65. The van der Waals surface area contributed by atoms with Crippen LogP contribution in [0, 0.1) is 0 Å². The molecule has 4 aromatic rings. The lowest BCUT2D eigenvalue weighted by Gasteiger charge is -2.23. The Morgan fingerprint density at radius 2 is 1.96 bits per heavy atom. The van der Waals surface area contributed by atoms with Crippen LogP contribution in [0.1, 0.15) is 38.7 Å². The molecule has 3 aromatic heterocycles. The third kappa shape index (κ3) is 2.98. The third-order valence-electron chi connectivity index (χ3n) is 5.47. The Morgan fingerprint density at radius 1 is 1.11 bits per heavy atom. The highest BCUT2D eigenvalue weighted by Gasteiger charge is 2.18. The van der Waals surface area contributed by atoms with Crippen molar-refractivity contribution in [2.24, 2.45) is 0 Å². The molecule has 0 radical (unpaired) electrons. The molecule has 8 heteroatoms. The van der Waals surface area contributed by atoms with E-state index in [4.69, 9.17) is 0 Å². The van der Waals surface area contributed by atoms with Crippen LogP contribution in [0.5, 0.6) is 0 Å². The van der Waals surface area contributed by atoms with Crippen molar-refractivity contribution in [3.05, 3.63) is 36.9 Å². The van der Waals surface area contributed by atoms with Gasteiger partial charge in [-0.2, -0.15) is 13.9 Å². The van der Waals surface area contributed by atoms with E-state index in [0.29, 0.717) is 16.3 Å². The summed E-state index contributed by atoms with van der Waals surface area (Å²) in [4.78, 5) is 12.2. The van der Waals surface area contributed by atoms with Gasteiger partial charge in [0.25, 0.3) is 0 Å². The van der Waals surface area contributed by atoms with Gasteiger partial charge in [-0.3, -0.25) is 0 Å². The van der Waals surface area contributed by atoms with E-state index in [9.17, 15) is 8.78 Å². The Bertz CT molecular complexity index is 1130. The highest BCUT2D eigenvalue weighted by Crippen LogP contribution is 2.33. The monoisotopic (exact) mass is 382 g/mol. The number of H-pyrrole nitrogens is 1. The Balaban J connectivity index is 1.59. The van der Waals surface area contributed by atoms with Gasteiger partial charge < -0.3 is 10.3 Å². The first-order valence-corrected chi connectivity index (χ1v) is 9.55. The molecular weight excluding hydrogens is 362 g/mol. The van der Waals surface area contributed by atoms with Crippen molar-refractivity contribution in [1.29, 1.82) is 0 Å². The van der Waals surface area contributed by atoms with Crippen molar-refractivity contribution in [1.82, 2.24) is 24.7 Å². The highest BCUT2D eigenvalue weighted by atomic mass is 19.3. The molecule has 1 aliphatic carbocycles. The molecule has 0 atom stereocenters. The van der Waals surface area contributed by atoms with Gasteiger partial charge in [0, 0.05) is 28.7 Å². The number of aromatic nitrogens is 5. The van der Waals surface area contributed by atoms with Crippen molar-refractivity contribution < 1.29 is 8.78 Å². The molecule has 1 fully saturated rings. The second-order valence-electron chi connectivity index (χ2n) is 7.30. The maximum absolute atomic E-state index is 12.9. The number of halogens is 2. The quantitative estimate of drug-likeness (QED) is 0.514. The van der Waals surface area contributed by atoms with Crippen molar-refractivity contribution in [2.45, 2.75) is 44.7 Å². The summed E-state index contributed by atoms with van der Waals surface area (Å²) in [5.74, 6) is 0.823. The van der Waals surface area contributed by atoms with Crippen LogP contribution < -0.4 is 5.32 Å². The third-order valence-corrected chi connectivity index (χ3v) is 5.47. The van der Waals surface area contributed by atoms with Crippen LogP contribution in [-0.2, 0) is 0 Å². The lowest BCUT2D eigenvalue weighted by molar-refractivity contribution is 0.0566. The largest absolute Gasteiger partial charge is 0.367 e. The summed E-state index contributed by atoms with van der Waals surface area (Å²) in [6.07, 6.45) is 10.4. The smallest absolute Gasteiger partial charge is 0.333 e. The lowest BCUT2D eigenvalue weighted by atomic mass is 9.95. The minimum atomic E-state index is -2.65. The number of rotatable bonds is 4. The number of nitrogens with zero attached hydrogens (tertiary/aromatic N) is 4. The number of hydrogen-bond acceptors (Lipinski definition) is 4. The van der Waals surface area contributed by atoms with E-state index in [2.05, 4.69) is 25.4 Å². The molecule has 1 saturated carbocycles. The van der Waals surface area contributed by atoms with Gasteiger partial charge in [0.2, 0.25) is 0 Å². The van der Waals surface area contributed by atoms with E-state index in [-0.39, 0.29) is 0 Å². The van der Waals surface area contributed by atoms with Crippen LogP contribution in [0.4, 0.5) is 14.6 Å². The first kappa shape index (κ1) is 17.1. The highest BCUT2D eigenvalue weighted by molar-refractivity contribution is 6.12. The van der Waals surface area contributed by atoms with Gasteiger partial charge in [0.1, 0.15) is 17.8 Å². The topological polar surface area (TPSA) is 71.4 Å². The van der Waals surface area contributed by atoms with Crippen LogP contribution >= 0.6 is 0 Å². The Hall–Kier alpha value is -3.03. The summed E-state index contributed by atoms with van der Waals surface area (Å²) in [5, 5.41) is 9.24. The molecule has 6 nitrogen and oxygen atoms in total. The van der Waals surface area contributed by atoms with E-state index >= 15 is 0 Å². The average molecular weight is 382 g/mol. The van der Waals surface area contributed by atoms with Crippen LogP contribution in [0.15, 0.2) is 36.9 Å². The summed E-state index contributed by atoms with van der Waals surface area (Å²) < 4.78 is 26.4. The number of anilines is 1. The number of aromatic amines is 1. The standard InChI is InChI=1S/C20H20F2N6/c21-20(22)28-10-13(9-25-28)12-6-7-16-15(8-12)17-18(23-11-24-19(17)27-16)26-14-4-2-1-3-5-14/h6-11,14,20H,1-5H2,(H2,23,24,26,27). The Morgan fingerprint density at radius 3 is 2.75 bits per heavy atom. The summed E-state index contributed by atoms with van der Waals surface area (Å²) in [7, 11) is 0. The van der Waals surface area contributed by atoms with Crippen molar-refractivity contribution in [3.63, 3.8) is 0 Å². The predicted molar refractivity (Wildman–Crippen MR) is 104 cm³/mol. The van der Waals surface area contributed by atoms with Gasteiger partial charge >= 0.3 is 6.55 Å². The first-order valence-electron chi connectivity index (χ1n) is 9.55. The maximum Gasteiger partial charge on any atom is 0.333 e. The summed E-state index contributed by atoms with van der Waals surface area (Å²) in [5.41, 5.74) is 3.18. The number of hydrogen-bond donors (Lipinski definition) is 2. The van der Waals surface area contributed by atoms with E-state index in [1.54, 1.807) is 6.33 Å². The Labute approximate surface area is 160 Å². The van der Waals surface area contributed by atoms with Crippen molar-refractivity contribution in [2.75, 3.05) is 5.32 Å². The van der Waals surface area contributed by atoms with Crippen LogP contribution in [0.2, 0.25) is 0 Å². The second-order valence-corrected chi connectivity index (χ2v) is 7.30. The summed E-state index contributed by atoms with van der Waals surface area (Å²) in [6, 6.07) is 6.24. The minimum absolute atomic E-state index is 0.421. The number of fused-ring (bicyclic) bond motifs is 3. The molecule has 1 aromatic carbocycles. The van der Waals surface area contributed by atoms with Gasteiger partial charge in [-0.25, -0.2) is 14.6 Å². The fraction of sp³-hybridized carbons (Fsp3) is 0.350. The Kier molecular flexibility index (Phi) is 4.18. The van der Waals surface area contributed by atoms with Gasteiger partial charge in [-0.05, 0) is 30.5 Å². The summed E-state index contributed by atoms with van der Waals surface area (Å²) >= 11 is 0. The molecule has 3 heterocycles. The predicted octanol–water partition coefficient (Wildman–Crippen LogP) is 5.11. The fourth-order valence-electron chi connectivity index (χ4n) is 4.05. The van der Waals surface area contributed by atoms with Gasteiger partial charge in [0.15, 0.2) is 0 Å². The number of benzene rings is 1. The van der Waals surface area contributed by atoms with Gasteiger partial charge in [0.05, 0.1) is 11.6 Å².